The van der Waals surface area contributed by atoms with Gasteiger partial charge in [0.1, 0.15) is 15.8 Å². The number of nitrogens with one attached hydrogen (secondary N) is 1. The van der Waals surface area contributed by atoms with Gasteiger partial charge in [-0.1, -0.05) is 43.9 Å². The predicted molar refractivity (Wildman–Crippen MR) is 141 cm³/mol. The molecule has 0 aromatic carbocycles. The molecule has 1 N–H and O–H groups in total. The van der Waals surface area contributed by atoms with E-state index in [1.807, 2.05) is 29.8 Å². The first-order chi connectivity index (χ1) is 16.3. The fraction of sp³-hybridized carbons (Fsp3) is 0.375. The summed E-state index contributed by atoms with van der Waals surface area (Å²) in [5.74, 6) is 0.775. The Balaban J connectivity index is 1.65. The zero-order chi connectivity index (χ0) is 24.2. The number of aromatic nitrogens is 4. The van der Waals surface area contributed by atoms with Crippen molar-refractivity contribution in [3.05, 3.63) is 63.4 Å². The molecule has 0 radical (unpaired) electrons. The zero-order valence-corrected chi connectivity index (χ0v) is 21.2. The van der Waals surface area contributed by atoms with E-state index in [-0.39, 0.29) is 11.5 Å². The monoisotopic (exact) mass is 496 g/mol. The van der Waals surface area contributed by atoms with Crippen LogP contribution in [0.3, 0.4) is 0 Å². The van der Waals surface area contributed by atoms with Gasteiger partial charge in [0, 0.05) is 38.2 Å². The molecule has 1 fully saturated rings. The van der Waals surface area contributed by atoms with Gasteiger partial charge in [0.2, 0.25) is 0 Å². The normalized spacial score (nSPS) is 15.3. The number of carbonyl (C=O) groups is 1. The number of hydrogen-bond acceptors (Lipinski definition) is 7. The van der Waals surface area contributed by atoms with Crippen LogP contribution in [0.4, 0.5) is 5.82 Å². The highest BCUT2D eigenvalue weighted by molar-refractivity contribution is 8.26. The largest absolute Gasteiger partial charge is 0.369 e. The Kier molecular flexibility index (Phi) is 7.47. The van der Waals surface area contributed by atoms with Crippen molar-refractivity contribution in [2.45, 2.75) is 40.2 Å². The van der Waals surface area contributed by atoms with E-state index in [4.69, 9.17) is 17.2 Å². The molecule has 0 unspecified atom stereocenters. The highest BCUT2D eigenvalue weighted by Crippen LogP contribution is 2.33. The summed E-state index contributed by atoms with van der Waals surface area (Å²) in [7, 11) is 0. The van der Waals surface area contributed by atoms with Gasteiger partial charge in [-0.2, -0.15) is 0 Å². The summed E-state index contributed by atoms with van der Waals surface area (Å²) < 4.78 is 4.05. The fourth-order valence-corrected chi connectivity index (χ4v) is 4.97. The van der Waals surface area contributed by atoms with Crippen LogP contribution in [0.5, 0.6) is 0 Å². The molecular formula is C24H28N6O2S2. The molecular weight excluding hydrogens is 468 g/mol. The van der Waals surface area contributed by atoms with Crippen LogP contribution < -0.4 is 10.9 Å². The molecule has 0 atom stereocenters. The van der Waals surface area contributed by atoms with Crippen LogP contribution in [0.25, 0.3) is 11.7 Å². The molecule has 3 aromatic rings. The minimum atomic E-state index is -0.224. The Hall–Kier alpha value is -2.98. The second kappa shape index (κ2) is 10.5. The zero-order valence-electron chi connectivity index (χ0n) is 19.5. The predicted octanol–water partition coefficient (Wildman–Crippen LogP) is 3.95. The van der Waals surface area contributed by atoms with Crippen molar-refractivity contribution < 1.29 is 4.79 Å². The smallest absolute Gasteiger partial charge is 0.267 e. The van der Waals surface area contributed by atoms with Gasteiger partial charge in [0.05, 0.1) is 16.8 Å². The van der Waals surface area contributed by atoms with Gasteiger partial charge in [-0.3, -0.25) is 18.9 Å². The highest BCUT2D eigenvalue weighted by Gasteiger charge is 2.32. The second-order valence-electron chi connectivity index (χ2n) is 8.66. The Morgan fingerprint density at radius 3 is 2.79 bits per heavy atom. The summed E-state index contributed by atoms with van der Waals surface area (Å²) in [5.41, 5.74) is 1.62. The molecule has 4 rings (SSSR count). The lowest BCUT2D eigenvalue weighted by atomic mass is 10.1. The van der Waals surface area contributed by atoms with Crippen molar-refractivity contribution in [1.29, 1.82) is 0 Å². The number of aryl methyl sites for hydroxylation is 2. The first-order valence-corrected chi connectivity index (χ1v) is 12.5. The number of thioether (sulfide) groups is 1. The third-order valence-corrected chi connectivity index (χ3v) is 6.99. The van der Waals surface area contributed by atoms with Gasteiger partial charge >= 0.3 is 0 Å². The summed E-state index contributed by atoms with van der Waals surface area (Å²) in [6, 6.07) is 3.74. The van der Waals surface area contributed by atoms with E-state index in [1.165, 1.54) is 16.2 Å². The maximum atomic E-state index is 13.5. The topological polar surface area (TPSA) is 84.5 Å². The molecule has 10 heteroatoms. The quantitative estimate of drug-likeness (QED) is 0.273. The number of rotatable bonds is 9. The van der Waals surface area contributed by atoms with Crippen LogP contribution in [0.2, 0.25) is 0 Å². The van der Waals surface area contributed by atoms with Crippen LogP contribution in [0.15, 0.2) is 46.8 Å². The lowest BCUT2D eigenvalue weighted by molar-refractivity contribution is -0.122. The van der Waals surface area contributed by atoms with E-state index in [2.05, 4.69) is 24.1 Å². The molecule has 3 aromatic heterocycles. The number of fused-ring (bicyclic) bond motifs is 1. The van der Waals surface area contributed by atoms with Crippen LogP contribution >= 0.6 is 24.0 Å². The maximum Gasteiger partial charge on any atom is 0.267 e. The lowest BCUT2D eigenvalue weighted by Crippen LogP contribution is -2.29. The Labute approximate surface area is 208 Å². The molecule has 178 valence electrons. The minimum absolute atomic E-state index is 0.157. The van der Waals surface area contributed by atoms with Crippen LogP contribution in [0.1, 0.15) is 37.8 Å². The third kappa shape index (κ3) is 5.23. The molecule has 1 aliphatic heterocycles. The molecule has 1 aliphatic rings. The van der Waals surface area contributed by atoms with Gasteiger partial charge in [-0.15, -0.1) is 0 Å². The summed E-state index contributed by atoms with van der Waals surface area (Å²) in [4.78, 5) is 37.4. The summed E-state index contributed by atoms with van der Waals surface area (Å²) in [5, 5.41) is 3.32. The number of nitrogens with zero attached hydrogens (tertiary/aromatic N) is 5. The Morgan fingerprint density at radius 2 is 2.06 bits per heavy atom. The molecule has 0 saturated carbocycles. The van der Waals surface area contributed by atoms with Crippen molar-refractivity contribution in [3.63, 3.8) is 0 Å². The van der Waals surface area contributed by atoms with Crippen molar-refractivity contribution in [2.24, 2.45) is 5.92 Å². The Morgan fingerprint density at radius 1 is 1.24 bits per heavy atom. The Bertz CT molecular complexity index is 1300. The van der Waals surface area contributed by atoms with E-state index in [0.29, 0.717) is 45.3 Å². The standard InChI is InChI=1S/C24H28N6O2S2/c1-16(2)7-12-30-23(32)19(34-24(30)33)14-18-20(26-8-5-10-28-13-9-25-15-28)27-21-17(3)6-4-11-29(21)22(18)31/h4,6,9,11,13-16,26H,5,7-8,10,12H2,1-3H3/b19-14-. The van der Waals surface area contributed by atoms with Gasteiger partial charge in [0.25, 0.3) is 11.5 Å². The molecule has 1 amide bonds. The molecule has 8 nitrogen and oxygen atoms in total. The van der Waals surface area contributed by atoms with E-state index in [0.717, 1.165) is 24.9 Å². The van der Waals surface area contributed by atoms with E-state index in [1.54, 1.807) is 29.7 Å². The van der Waals surface area contributed by atoms with E-state index in [9.17, 15) is 9.59 Å². The SMILES string of the molecule is Cc1cccn2c(=O)c(/C=C3\SC(=S)N(CCC(C)C)C3=O)c(NCCCn3ccnc3)nc12. The number of hydrogen-bond donors (Lipinski definition) is 1. The first-order valence-electron chi connectivity index (χ1n) is 11.3. The number of pyridine rings is 1. The lowest BCUT2D eigenvalue weighted by Gasteiger charge is -2.15. The molecule has 0 spiro atoms. The minimum Gasteiger partial charge on any atom is -0.369 e. The van der Waals surface area contributed by atoms with Gasteiger partial charge < -0.3 is 9.88 Å². The molecule has 0 bridgehead atoms. The van der Waals surface area contributed by atoms with Gasteiger partial charge in [0.15, 0.2) is 0 Å². The molecule has 4 heterocycles. The van der Waals surface area contributed by atoms with Crippen molar-refractivity contribution in [2.75, 3.05) is 18.4 Å². The van der Waals surface area contributed by atoms with Gasteiger partial charge in [-0.05, 0) is 43.4 Å². The van der Waals surface area contributed by atoms with Crippen molar-refractivity contribution >= 4 is 51.7 Å². The van der Waals surface area contributed by atoms with Crippen LogP contribution in [0, 0.1) is 12.8 Å². The average Bonchev–Trinajstić information content (AvgIpc) is 3.41. The molecule has 0 aliphatic carbocycles. The average molecular weight is 497 g/mol. The fourth-order valence-electron chi connectivity index (χ4n) is 3.68. The van der Waals surface area contributed by atoms with E-state index < -0.39 is 0 Å². The van der Waals surface area contributed by atoms with E-state index >= 15 is 0 Å². The van der Waals surface area contributed by atoms with Gasteiger partial charge in [-0.25, -0.2) is 9.97 Å². The van der Waals surface area contributed by atoms with Crippen LogP contribution in [-0.4, -0.2) is 47.2 Å². The van der Waals surface area contributed by atoms with Crippen molar-refractivity contribution in [1.82, 2.24) is 23.8 Å². The third-order valence-electron chi connectivity index (χ3n) is 5.61. The first kappa shape index (κ1) is 24.2. The second-order valence-corrected chi connectivity index (χ2v) is 10.3. The maximum absolute atomic E-state index is 13.5. The number of imidazole rings is 1. The molecule has 1 saturated heterocycles. The summed E-state index contributed by atoms with van der Waals surface area (Å²) >= 11 is 6.69. The number of thiocarbonyl (C=S) groups is 1. The summed E-state index contributed by atoms with van der Waals surface area (Å²) in [6.45, 7) is 8.13. The van der Waals surface area contributed by atoms with Crippen molar-refractivity contribution in [3.8, 4) is 0 Å². The molecule has 34 heavy (non-hydrogen) atoms. The number of amides is 1. The van der Waals surface area contributed by atoms with Crippen LogP contribution in [-0.2, 0) is 11.3 Å². The number of carbonyl (C=O) groups excluding carboxylic acids is 1. The number of anilines is 1. The summed E-state index contributed by atoms with van der Waals surface area (Å²) in [6.07, 6.45) is 10.5. The highest BCUT2D eigenvalue weighted by atomic mass is 32.2.